The Morgan fingerprint density at radius 3 is 2.62 bits per heavy atom. The number of carbonyl (C=O) groups is 1. The lowest BCUT2D eigenvalue weighted by molar-refractivity contribution is 0.0669. The van der Waals surface area contributed by atoms with Crippen LogP contribution >= 0.6 is 0 Å². The molecule has 3 aromatic heterocycles. The third kappa shape index (κ3) is 2.89. The van der Waals surface area contributed by atoms with Crippen molar-refractivity contribution in [1.82, 2.24) is 29.6 Å². The lowest BCUT2D eigenvalue weighted by Crippen LogP contribution is -2.39. The minimum atomic E-state index is -1.51. The number of aromatic amines is 1. The number of rotatable bonds is 2. The predicted molar refractivity (Wildman–Crippen MR) is 110 cm³/mol. The van der Waals surface area contributed by atoms with Crippen LogP contribution in [-0.2, 0) is 13.5 Å². The summed E-state index contributed by atoms with van der Waals surface area (Å²) >= 11 is 0. The summed E-state index contributed by atoms with van der Waals surface area (Å²) in [4.78, 5) is 26.5. The van der Waals surface area contributed by atoms with E-state index in [1.807, 2.05) is 13.8 Å². The first-order valence-corrected chi connectivity index (χ1v) is 10.1. The fourth-order valence-corrected chi connectivity index (χ4v) is 4.49. The average Bonchev–Trinajstić information content (AvgIpc) is 3.31. The van der Waals surface area contributed by atoms with Gasteiger partial charge in [0.25, 0.3) is 5.91 Å². The molecule has 0 radical (unpaired) electrons. The number of H-pyrrole nitrogens is 1. The molecule has 4 aromatic rings. The van der Waals surface area contributed by atoms with Gasteiger partial charge in [-0.25, -0.2) is 23.1 Å². The molecule has 0 spiro atoms. The largest absolute Gasteiger partial charge is 0.346 e. The number of hydrogen-bond donors (Lipinski definition) is 1. The van der Waals surface area contributed by atoms with Crippen molar-refractivity contribution in [2.75, 3.05) is 6.54 Å². The van der Waals surface area contributed by atoms with E-state index in [2.05, 4.69) is 20.1 Å². The maximum absolute atomic E-state index is 13.8. The van der Waals surface area contributed by atoms with Gasteiger partial charge in [-0.15, -0.1) is 0 Å². The van der Waals surface area contributed by atoms with Gasteiger partial charge in [-0.05, 0) is 38.0 Å². The molecule has 0 fully saturated rings. The Morgan fingerprint density at radius 1 is 1.19 bits per heavy atom. The van der Waals surface area contributed by atoms with E-state index >= 15 is 0 Å². The van der Waals surface area contributed by atoms with Crippen LogP contribution in [-0.4, -0.2) is 42.1 Å². The molecule has 1 aliphatic heterocycles. The van der Waals surface area contributed by atoms with E-state index in [1.165, 1.54) is 11.0 Å². The predicted octanol–water partition coefficient (Wildman–Crippen LogP) is 3.84. The molecule has 4 heterocycles. The monoisotopic (exact) mass is 440 g/mol. The Kier molecular flexibility index (Phi) is 4.54. The van der Waals surface area contributed by atoms with E-state index in [0.717, 1.165) is 23.3 Å². The van der Waals surface area contributed by atoms with E-state index in [9.17, 15) is 18.0 Å². The van der Waals surface area contributed by atoms with Crippen molar-refractivity contribution in [3.05, 3.63) is 64.6 Å². The van der Waals surface area contributed by atoms with Gasteiger partial charge in [0.2, 0.25) is 0 Å². The van der Waals surface area contributed by atoms with E-state index in [-0.39, 0.29) is 11.5 Å². The van der Waals surface area contributed by atoms with Gasteiger partial charge in [0.1, 0.15) is 17.7 Å². The van der Waals surface area contributed by atoms with E-state index < -0.39 is 23.5 Å². The molecule has 5 rings (SSSR count). The van der Waals surface area contributed by atoms with E-state index in [0.29, 0.717) is 41.1 Å². The van der Waals surface area contributed by atoms with Gasteiger partial charge >= 0.3 is 0 Å². The number of nitrogens with zero attached hydrogens (tertiary/aromatic N) is 5. The molecule has 0 unspecified atom stereocenters. The molecule has 32 heavy (non-hydrogen) atoms. The molecule has 10 heteroatoms. The fourth-order valence-electron chi connectivity index (χ4n) is 4.49. The molecule has 0 saturated carbocycles. The van der Waals surface area contributed by atoms with Crippen molar-refractivity contribution in [3.63, 3.8) is 0 Å². The first-order chi connectivity index (χ1) is 15.3. The molecule has 1 aliphatic rings. The Hall–Kier alpha value is -3.69. The topological polar surface area (TPSA) is 79.7 Å². The van der Waals surface area contributed by atoms with E-state index in [4.69, 9.17) is 0 Å². The van der Waals surface area contributed by atoms with Crippen molar-refractivity contribution in [2.45, 2.75) is 26.3 Å². The first-order valence-electron chi connectivity index (χ1n) is 10.1. The lowest BCUT2D eigenvalue weighted by Gasteiger charge is -2.32. The summed E-state index contributed by atoms with van der Waals surface area (Å²) in [6.45, 7) is 4.09. The summed E-state index contributed by atoms with van der Waals surface area (Å²) in [5.74, 6) is -4.27. The standard InChI is InChI=1S/C22H19F3N6O/c1-10-8-26-21-16(10)19(27-9-28-21)22(32)31-5-4-13-18(11(31)2)29-30(3)20(13)12-6-14(23)17(25)15(24)7-12/h6-9,11H,4-5H2,1-3H3,(H,26,27,28)/t11-/m0/s1. The zero-order valence-electron chi connectivity index (χ0n) is 17.6. The number of carbonyl (C=O) groups excluding carboxylic acids is 1. The summed E-state index contributed by atoms with van der Waals surface area (Å²) in [6.07, 6.45) is 3.55. The minimum Gasteiger partial charge on any atom is -0.346 e. The van der Waals surface area contributed by atoms with Crippen molar-refractivity contribution < 1.29 is 18.0 Å². The average molecular weight is 440 g/mol. The highest BCUT2D eigenvalue weighted by molar-refractivity contribution is 6.05. The van der Waals surface area contributed by atoms with Crippen LogP contribution in [0.2, 0.25) is 0 Å². The van der Waals surface area contributed by atoms with Gasteiger partial charge in [0.15, 0.2) is 17.5 Å². The summed E-state index contributed by atoms with van der Waals surface area (Å²) in [7, 11) is 1.66. The quantitative estimate of drug-likeness (QED) is 0.481. The molecule has 0 saturated heterocycles. The van der Waals surface area contributed by atoms with Crippen molar-refractivity contribution in [1.29, 1.82) is 0 Å². The zero-order valence-corrected chi connectivity index (χ0v) is 17.6. The van der Waals surface area contributed by atoms with Crippen LogP contribution in [0.5, 0.6) is 0 Å². The summed E-state index contributed by atoms with van der Waals surface area (Å²) in [6, 6.07) is 1.53. The number of halogens is 3. The second kappa shape index (κ2) is 7.18. The third-order valence-corrected chi connectivity index (χ3v) is 6.03. The van der Waals surface area contributed by atoms with Crippen LogP contribution in [0.25, 0.3) is 22.3 Å². The van der Waals surface area contributed by atoms with Gasteiger partial charge in [-0.2, -0.15) is 5.10 Å². The van der Waals surface area contributed by atoms with Gasteiger partial charge < -0.3 is 9.88 Å². The molecule has 0 aliphatic carbocycles. The van der Waals surface area contributed by atoms with Crippen LogP contribution in [0.4, 0.5) is 13.2 Å². The maximum atomic E-state index is 13.8. The molecule has 0 bridgehead atoms. The Balaban J connectivity index is 1.55. The van der Waals surface area contributed by atoms with Crippen molar-refractivity contribution in [3.8, 4) is 11.3 Å². The molecule has 1 atom stereocenters. The lowest BCUT2D eigenvalue weighted by atomic mass is 9.95. The second-order valence-electron chi connectivity index (χ2n) is 7.93. The number of aryl methyl sites for hydroxylation is 2. The minimum absolute atomic E-state index is 0.199. The third-order valence-electron chi connectivity index (χ3n) is 6.03. The highest BCUT2D eigenvalue weighted by Gasteiger charge is 2.35. The summed E-state index contributed by atoms with van der Waals surface area (Å²) < 4.78 is 42.7. The molecule has 1 aromatic carbocycles. The van der Waals surface area contributed by atoms with Gasteiger partial charge in [0.05, 0.1) is 22.8 Å². The SMILES string of the molecule is Cc1c[nH]c2ncnc(C(=O)N3CCc4c(nn(C)c4-c4cc(F)c(F)c(F)c4)[C@@H]3C)c12. The fraction of sp³-hybridized carbons (Fsp3) is 0.273. The summed E-state index contributed by atoms with van der Waals surface area (Å²) in [5.41, 5.74) is 3.88. The number of hydrogen-bond acceptors (Lipinski definition) is 4. The number of nitrogens with one attached hydrogen (secondary N) is 1. The normalized spacial score (nSPS) is 15.9. The van der Waals surface area contributed by atoms with Crippen LogP contribution in [0, 0.1) is 24.4 Å². The molecule has 1 N–H and O–H groups in total. The molecule has 1 amide bonds. The number of fused-ring (bicyclic) bond motifs is 2. The van der Waals surface area contributed by atoms with Gasteiger partial charge in [0, 0.05) is 30.9 Å². The number of amides is 1. The molecular formula is C22H19F3N6O. The Bertz CT molecular complexity index is 1370. The Morgan fingerprint density at radius 2 is 1.91 bits per heavy atom. The zero-order chi connectivity index (χ0) is 22.7. The Labute approximate surface area is 180 Å². The first kappa shape index (κ1) is 20.2. The highest BCUT2D eigenvalue weighted by atomic mass is 19.2. The highest BCUT2D eigenvalue weighted by Crippen LogP contribution is 2.37. The van der Waals surface area contributed by atoms with Gasteiger partial charge in [-0.1, -0.05) is 0 Å². The van der Waals surface area contributed by atoms with Crippen LogP contribution in [0.1, 0.15) is 40.3 Å². The van der Waals surface area contributed by atoms with Crippen LogP contribution < -0.4 is 0 Å². The van der Waals surface area contributed by atoms with Crippen molar-refractivity contribution >= 4 is 16.9 Å². The number of aromatic nitrogens is 5. The van der Waals surface area contributed by atoms with Crippen molar-refractivity contribution in [2.24, 2.45) is 7.05 Å². The summed E-state index contributed by atoms with van der Waals surface area (Å²) in [5, 5.41) is 5.21. The maximum Gasteiger partial charge on any atom is 0.273 e. The number of benzene rings is 1. The molecular weight excluding hydrogens is 421 g/mol. The van der Waals surface area contributed by atoms with Gasteiger partial charge in [-0.3, -0.25) is 9.48 Å². The second-order valence-corrected chi connectivity index (χ2v) is 7.93. The molecule has 164 valence electrons. The van der Waals surface area contributed by atoms with Crippen LogP contribution in [0.3, 0.4) is 0 Å². The molecule has 7 nitrogen and oxygen atoms in total. The smallest absolute Gasteiger partial charge is 0.273 e. The van der Waals surface area contributed by atoms with Crippen LogP contribution in [0.15, 0.2) is 24.7 Å². The van der Waals surface area contributed by atoms with E-state index in [1.54, 1.807) is 18.1 Å².